The van der Waals surface area contributed by atoms with Gasteiger partial charge in [0.1, 0.15) is 0 Å². The summed E-state index contributed by atoms with van der Waals surface area (Å²) in [5, 5.41) is 2.90. The normalized spacial score (nSPS) is 12.2. The van der Waals surface area contributed by atoms with Gasteiger partial charge < -0.3 is 5.32 Å². The lowest BCUT2D eigenvalue weighted by Crippen LogP contribution is -2.33. The van der Waals surface area contributed by atoms with Gasteiger partial charge in [0, 0.05) is 11.6 Å². The molecule has 0 spiro atoms. The third kappa shape index (κ3) is 5.73. The van der Waals surface area contributed by atoms with E-state index in [2.05, 4.69) is 16.0 Å². The molecule has 0 fully saturated rings. The predicted octanol–water partition coefficient (Wildman–Crippen LogP) is 2.35. The Bertz CT molecular complexity index is 887. The minimum Gasteiger partial charge on any atom is -0.350 e. The van der Waals surface area contributed by atoms with Gasteiger partial charge in [-0.1, -0.05) is 42.3 Å². The minimum absolute atomic E-state index is 0.0114. The van der Waals surface area contributed by atoms with Crippen LogP contribution in [0.3, 0.4) is 0 Å². The summed E-state index contributed by atoms with van der Waals surface area (Å²) in [5.41, 5.74) is 1.50. The first-order valence-electron chi connectivity index (χ1n) is 8.30. The molecule has 0 saturated heterocycles. The Morgan fingerprint density at radius 2 is 1.88 bits per heavy atom. The van der Waals surface area contributed by atoms with Gasteiger partial charge in [-0.3, -0.25) is 4.79 Å². The quantitative estimate of drug-likeness (QED) is 0.701. The Kier molecular flexibility index (Phi) is 6.96. The van der Waals surface area contributed by atoms with Crippen LogP contribution < -0.4 is 10.0 Å². The van der Waals surface area contributed by atoms with Gasteiger partial charge in [-0.05, 0) is 43.5 Å². The molecular formula is C20H22N2O3S. The molecular weight excluding hydrogens is 348 g/mol. The zero-order valence-corrected chi connectivity index (χ0v) is 15.4. The summed E-state index contributed by atoms with van der Waals surface area (Å²) < 4.78 is 26.5. The van der Waals surface area contributed by atoms with Crippen LogP contribution in [0.5, 0.6) is 0 Å². The average molecular weight is 370 g/mol. The lowest BCUT2D eigenvalue weighted by atomic mass is 10.1. The molecule has 2 aromatic rings. The number of carbonyl (C=O) groups excluding carboxylic acids is 1. The summed E-state index contributed by atoms with van der Waals surface area (Å²) in [7, 11) is -3.73. The number of nitrogens with one attached hydrogen (secondary N) is 2. The molecule has 2 aromatic carbocycles. The van der Waals surface area contributed by atoms with Crippen LogP contribution in [-0.2, 0) is 16.4 Å². The molecule has 0 radical (unpaired) electrons. The highest BCUT2D eigenvalue weighted by Gasteiger charge is 2.16. The van der Waals surface area contributed by atoms with Gasteiger partial charge in [0.2, 0.25) is 10.0 Å². The molecule has 0 aliphatic carbocycles. The number of amides is 1. The van der Waals surface area contributed by atoms with Crippen molar-refractivity contribution in [2.75, 3.05) is 6.54 Å². The molecule has 1 atom stereocenters. The number of carbonyl (C=O) groups is 1. The lowest BCUT2D eigenvalue weighted by Gasteiger charge is -2.14. The molecule has 0 bridgehead atoms. The van der Waals surface area contributed by atoms with E-state index in [-0.39, 0.29) is 23.4 Å². The second kappa shape index (κ2) is 9.18. The molecule has 0 aromatic heterocycles. The number of terminal acetylenes is 1. The van der Waals surface area contributed by atoms with Gasteiger partial charge in [0.15, 0.2) is 0 Å². The van der Waals surface area contributed by atoms with Gasteiger partial charge in [-0.2, -0.15) is 4.72 Å². The number of hydrogen-bond donors (Lipinski definition) is 2. The summed E-state index contributed by atoms with van der Waals surface area (Å²) >= 11 is 0. The molecule has 1 amide bonds. The molecule has 2 rings (SSSR count). The van der Waals surface area contributed by atoms with Crippen molar-refractivity contribution in [3.05, 3.63) is 65.7 Å². The monoisotopic (exact) mass is 370 g/mol. The van der Waals surface area contributed by atoms with Crippen LogP contribution in [0.25, 0.3) is 0 Å². The summed E-state index contributed by atoms with van der Waals surface area (Å²) in [6.45, 7) is 1.82. The smallest absolute Gasteiger partial charge is 0.251 e. The Morgan fingerprint density at radius 1 is 1.15 bits per heavy atom. The fraction of sp³-hybridized carbons (Fsp3) is 0.250. The number of sulfonamides is 1. The second-order valence-electron chi connectivity index (χ2n) is 5.96. The van der Waals surface area contributed by atoms with Crippen molar-refractivity contribution in [2.24, 2.45) is 0 Å². The van der Waals surface area contributed by atoms with Crippen LogP contribution in [0, 0.1) is 12.3 Å². The predicted molar refractivity (Wildman–Crippen MR) is 102 cm³/mol. The molecule has 0 aliphatic rings. The van der Waals surface area contributed by atoms with Crippen molar-refractivity contribution in [3.8, 4) is 12.3 Å². The van der Waals surface area contributed by atoms with Gasteiger partial charge in [0.05, 0.1) is 11.4 Å². The number of hydrogen-bond acceptors (Lipinski definition) is 3. The maximum atomic E-state index is 12.4. The van der Waals surface area contributed by atoms with E-state index < -0.39 is 10.0 Å². The van der Waals surface area contributed by atoms with Crippen LogP contribution in [0.1, 0.15) is 29.3 Å². The Hall–Kier alpha value is -2.62. The van der Waals surface area contributed by atoms with Crippen molar-refractivity contribution >= 4 is 15.9 Å². The first-order valence-corrected chi connectivity index (χ1v) is 9.78. The molecule has 5 nitrogen and oxygen atoms in total. The SMILES string of the molecule is C#CCNS(=O)(=O)c1cccc(C(=O)NC(C)CCc2ccccc2)c1. The lowest BCUT2D eigenvalue weighted by molar-refractivity contribution is 0.0938. The van der Waals surface area contributed by atoms with Crippen LogP contribution >= 0.6 is 0 Å². The minimum atomic E-state index is -3.73. The molecule has 0 heterocycles. The Balaban J connectivity index is 1.99. The van der Waals surface area contributed by atoms with E-state index in [4.69, 9.17) is 6.42 Å². The largest absolute Gasteiger partial charge is 0.350 e. The topological polar surface area (TPSA) is 75.3 Å². The zero-order chi connectivity index (χ0) is 19.0. The van der Waals surface area contributed by atoms with E-state index in [1.165, 1.54) is 23.8 Å². The van der Waals surface area contributed by atoms with Crippen molar-refractivity contribution < 1.29 is 13.2 Å². The van der Waals surface area contributed by atoms with E-state index in [0.717, 1.165) is 12.8 Å². The fourth-order valence-corrected chi connectivity index (χ4v) is 3.41. The first-order chi connectivity index (χ1) is 12.4. The first kappa shape index (κ1) is 19.7. The van der Waals surface area contributed by atoms with Crippen molar-refractivity contribution in [2.45, 2.75) is 30.7 Å². The summed E-state index contributed by atoms with van der Waals surface area (Å²) in [4.78, 5) is 12.4. The summed E-state index contributed by atoms with van der Waals surface area (Å²) in [6.07, 6.45) is 6.72. The van der Waals surface area contributed by atoms with E-state index >= 15 is 0 Å². The Labute approximate surface area is 154 Å². The van der Waals surface area contributed by atoms with Crippen LogP contribution in [0.2, 0.25) is 0 Å². The Morgan fingerprint density at radius 3 is 2.58 bits per heavy atom. The molecule has 2 N–H and O–H groups in total. The van der Waals surface area contributed by atoms with E-state index in [9.17, 15) is 13.2 Å². The van der Waals surface area contributed by atoms with Gasteiger partial charge in [0.25, 0.3) is 5.91 Å². The number of benzene rings is 2. The van der Waals surface area contributed by atoms with Crippen molar-refractivity contribution in [1.29, 1.82) is 0 Å². The highest BCUT2D eigenvalue weighted by atomic mass is 32.2. The van der Waals surface area contributed by atoms with E-state index in [1.54, 1.807) is 6.07 Å². The van der Waals surface area contributed by atoms with E-state index in [0.29, 0.717) is 5.56 Å². The maximum absolute atomic E-state index is 12.4. The molecule has 26 heavy (non-hydrogen) atoms. The summed E-state index contributed by atoms with van der Waals surface area (Å²) in [6, 6.07) is 15.9. The summed E-state index contributed by atoms with van der Waals surface area (Å²) in [5.74, 6) is 1.91. The highest BCUT2D eigenvalue weighted by Crippen LogP contribution is 2.12. The third-order valence-corrected chi connectivity index (χ3v) is 5.26. The van der Waals surface area contributed by atoms with Crippen LogP contribution in [0.15, 0.2) is 59.5 Å². The van der Waals surface area contributed by atoms with Gasteiger partial charge >= 0.3 is 0 Å². The average Bonchev–Trinajstić information content (AvgIpc) is 2.65. The molecule has 0 aliphatic heterocycles. The maximum Gasteiger partial charge on any atom is 0.251 e. The molecule has 1 unspecified atom stereocenters. The molecule has 136 valence electrons. The van der Waals surface area contributed by atoms with Crippen LogP contribution in [0.4, 0.5) is 0 Å². The standard InChI is InChI=1S/C20H22N2O3S/c1-3-14-21-26(24,25)19-11-7-10-18(15-19)20(23)22-16(2)12-13-17-8-5-4-6-9-17/h1,4-11,15-16,21H,12-14H2,2H3,(H,22,23). The third-order valence-electron chi connectivity index (χ3n) is 3.86. The van der Waals surface area contributed by atoms with Gasteiger partial charge in [-0.25, -0.2) is 8.42 Å². The van der Waals surface area contributed by atoms with Crippen molar-refractivity contribution in [3.63, 3.8) is 0 Å². The number of rotatable bonds is 8. The highest BCUT2D eigenvalue weighted by molar-refractivity contribution is 7.89. The molecule has 0 saturated carbocycles. The van der Waals surface area contributed by atoms with Crippen molar-refractivity contribution in [1.82, 2.24) is 10.0 Å². The molecule has 6 heteroatoms. The second-order valence-corrected chi connectivity index (χ2v) is 7.72. The zero-order valence-electron chi connectivity index (χ0n) is 14.6. The van der Waals surface area contributed by atoms with Crippen LogP contribution in [-0.4, -0.2) is 26.9 Å². The number of aryl methyl sites for hydroxylation is 1. The fourth-order valence-electron chi connectivity index (χ4n) is 2.43. The van der Waals surface area contributed by atoms with E-state index in [1.807, 2.05) is 37.3 Å². The van der Waals surface area contributed by atoms with Gasteiger partial charge in [-0.15, -0.1) is 6.42 Å².